The maximum Gasteiger partial charge on any atom is 0.350 e. The molecule has 1 amide bonds. The molecule has 0 unspecified atom stereocenters. The number of carbonyl (C=O) groups excluding carboxylic acids is 2. The van der Waals surface area contributed by atoms with Gasteiger partial charge in [0.15, 0.2) is 5.13 Å². The van der Waals surface area contributed by atoms with Crippen molar-refractivity contribution in [3.8, 4) is 0 Å². The lowest BCUT2D eigenvalue weighted by Gasteiger charge is -2.13. The van der Waals surface area contributed by atoms with Gasteiger partial charge in [0.1, 0.15) is 4.88 Å². The molecule has 1 aromatic heterocycles. The molecule has 0 aliphatic heterocycles. The third-order valence-corrected chi connectivity index (χ3v) is 4.16. The predicted molar refractivity (Wildman–Crippen MR) is 91.5 cm³/mol. The maximum atomic E-state index is 12.3. The van der Waals surface area contributed by atoms with E-state index in [1.165, 1.54) is 0 Å². The summed E-state index contributed by atoms with van der Waals surface area (Å²) in [5.41, 5.74) is 2.01. The number of anilines is 2. The number of ether oxygens (including phenoxy) is 1. The van der Waals surface area contributed by atoms with E-state index in [0.29, 0.717) is 27.9 Å². The fourth-order valence-electron chi connectivity index (χ4n) is 1.93. The standard InChI is InChI=1S/C16H19N3O3S/c1-5-22-15(21)13-10(2)17-16(23-13)18-14(20)11-7-6-8-12(9-11)19(3)4/h6-9H,5H2,1-4H3,(H,17,18,20). The first kappa shape index (κ1) is 17.0. The van der Waals surface area contributed by atoms with Gasteiger partial charge >= 0.3 is 5.97 Å². The SMILES string of the molecule is CCOC(=O)c1sc(NC(=O)c2cccc(N(C)C)c2)nc1C. The van der Waals surface area contributed by atoms with Crippen LogP contribution < -0.4 is 10.2 Å². The van der Waals surface area contributed by atoms with Gasteiger partial charge in [-0.25, -0.2) is 9.78 Å². The van der Waals surface area contributed by atoms with Crippen molar-refractivity contribution in [3.63, 3.8) is 0 Å². The van der Waals surface area contributed by atoms with Gasteiger partial charge in [-0.05, 0) is 32.0 Å². The number of amides is 1. The van der Waals surface area contributed by atoms with Crippen molar-refractivity contribution in [2.75, 3.05) is 30.9 Å². The molecule has 2 rings (SSSR count). The topological polar surface area (TPSA) is 71.5 Å². The van der Waals surface area contributed by atoms with Crippen molar-refractivity contribution >= 4 is 34.0 Å². The van der Waals surface area contributed by atoms with Crippen molar-refractivity contribution in [3.05, 3.63) is 40.4 Å². The van der Waals surface area contributed by atoms with E-state index in [0.717, 1.165) is 17.0 Å². The summed E-state index contributed by atoms with van der Waals surface area (Å²) in [5.74, 6) is -0.685. The lowest BCUT2D eigenvalue weighted by molar-refractivity contribution is 0.0531. The average Bonchev–Trinajstić information content (AvgIpc) is 2.88. The second-order valence-electron chi connectivity index (χ2n) is 5.05. The zero-order chi connectivity index (χ0) is 17.0. The quantitative estimate of drug-likeness (QED) is 0.852. The van der Waals surface area contributed by atoms with E-state index in [1.54, 1.807) is 26.0 Å². The van der Waals surface area contributed by atoms with E-state index < -0.39 is 5.97 Å². The summed E-state index contributed by atoms with van der Waals surface area (Å²) in [4.78, 5) is 30.6. The van der Waals surface area contributed by atoms with Crippen LogP contribution in [0.5, 0.6) is 0 Å². The second kappa shape index (κ2) is 7.23. The van der Waals surface area contributed by atoms with E-state index >= 15 is 0 Å². The van der Waals surface area contributed by atoms with E-state index in [-0.39, 0.29) is 5.91 Å². The van der Waals surface area contributed by atoms with Gasteiger partial charge in [0.05, 0.1) is 12.3 Å². The number of nitrogens with zero attached hydrogens (tertiary/aromatic N) is 2. The van der Waals surface area contributed by atoms with Gasteiger partial charge in [0.2, 0.25) is 0 Å². The summed E-state index contributed by atoms with van der Waals surface area (Å²) in [6.07, 6.45) is 0. The molecule has 122 valence electrons. The van der Waals surface area contributed by atoms with Crippen LogP contribution in [0.4, 0.5) is 10.8 Å². The molecule has 0 bridgehead atoms. The smallest absolute Gasteiger partial charge is 0.350 e. The average molecular weight is 333 g/mol. The Balaban J connectivity index is 2.16. The number of aryl methyl sites for hydroxylation is 1. The van der Waals surface area contributed by atoms with Crippen LogP contribution in [0, 0.1) is 6.92 Å². The molecule has 0 atom stereocenters. The molecule has 0 fully saturated rings. The Morgan fingerprint density at radius 2 is 2.09 bits per heavy atom. The minimum Gasteiger partial charge on any atom is -0.462 e. The van der Waals surface area contributed by atoms with Gasteiger partial charge in [0, 0.05) is 25.3 Å². The third kappa shape index (κ3) is 4.07. The number of esters is 1. The first-order valence-electron chi connectivity index (χ1n) is 7.15. The summed E-state index contributed by atoms with van der Waals surface area (Å²) < 4.78 is 4.97. The van der Waals surface area contributed by atoms with E-state index in [4.69, 9.17) is 4.74 Å². The second-order valence-corrected chi connectivity index (χ2v) is 6.05. The largest absolute Gasteiger partial charge is 0.462 e. The highest BCUT2D eigenvalue weighted by Gasteiger charge is 2.18. The predicted octanol–water partition coefficient (Wildman–Crippen LogP) is 2.95. The molecule has 1 aromatic carbocycles. The van der Waals surface area contributed by atoms with Crippen LogP contribution in [0.2, 0.25) is 0 Å². The molecule has 0 aliphatic carbocycles. The van der Waals surface area contributed by atoms with Crippen LogP contribution in [-0.4, -0.2) is 37.6 Å². The zero-order valence-electron chi connectivity index (χ0n) is 13.5. The highest BCUT2D eigenvalue weighted by molar-refractivity contribution is 7.17. The minimum atomic E-state index is -0.419. The summed E-state index contributed by atoms with van der Waals surface area (Å²) in [5, 5.41) is 3.11. The summed E-state index contributed by atoms with van der Waals surface area (Å²) in [6, 6.07) is 7.27. The molecule has 0 spiro atoms. The monoisotopic (exact) mass is 333 g/mol. The van der Waals surface area contributed by atoms with Gasteiger partial charge < -0.3 is 9.64 Å². The molecule has 6 nitrogen and oxygen atoms in total. The Kier molecular flexibility index (Phi) is 5.33. The van der Waals surface area contributed by atoms with Gasteiger partial charge in [-0.2, -0.15) is 0 Å². The third-order valence-electron chi connectivity index (χ3n) is 3.10. The first-order chi connectivity index (χ1) is 10.9. The molecule has 1 N–H and O–H groups in total. The van der Waals surface area contributed by atoms with Crippen LogP contribution in [-0.2, 0) is 4.74 Å². The van der Waals surface area contributed by atoms with Crippen molar-refractivity contribution in [1.82, 2.24) is 4.98 Å². The number of carbonyl (C=O) groups is 2. The number of aromatic nitrogens is 1. The molecule has 0 saturated carbocycles. The lowest BCUT2D eigenvalue weighted by Crippen LogP contribution is -2.14. The van der Waals surface area contributed by atoms with Crippen molar-refractivity contribution in [2.24, 2.45) is 0 Å². The van der Waals surface area contributed by atoms with Crippen LogP contribution >= 0.6 is 11.3 Å². The molecule has 1 heterocycles. The van der Waals surface area contributed by atoms with Crippen LogP contribution in [0.1, 0.15) is 32.6 Å². The lowest BCUT2D eigenvalue weighted by atomic mass is 10.2. The maximum absolute atomic E-state index is 12.3. The first-order valence-corrected chi connectivity index (χ1v) is 7.97. The summed E-state index contributed by atoms with van der Waals surface area (Å²) >= 11 is 1.11. The van der Waals surface area contributed by atoms with Crippen LogP contribution in [0.15, 0.2) is 24.3 Å². The van der Waals surface area contributed by atoms with Crippen molar-refractivity contribution in [2.45, 2.75) is 13.8 Å². The molecular formula is C16H19N3O3S. The molecule has 0 aliphatic rings. The molecule has 2 aromatic rings. The highest BCUT2D eigenvalue weighted by atomic mass is 32.1. The van der Waals surface area contributed by atoms with Gasteiger partial charge in [-0.1, -0.05) is 17.4 Å². The fraction of sp³-hybridized carbons (Fsp3) is 0.312. The number of nitrogens with one attached hydrogen (secondary N) is 1. The summed E-state index contributed by atoms with van der Waals surface area (Å²) in [6.45, 7) is 3.76. The Morgan fingerprint density at radius 3 is 2.74 bits per heavy atom. The Labute approximate surface area is 139 Å². The van der Waals surface area contributed by atoms with Crippen LogP contribution in [0.25, 0.3) is 0 Å². The van der Waals surface area contributed by atoms with Gasteiger partial charge in [-0.15, -0.1) is 0 Å². The number of hydrogen-bond donors (Lipinski definition) is 1. The number of rotatable bonds is 5. The fourth-order valence-corrected chi connectivity index (χ4v) is 2.79. The van der Waals surface area contributed by atoms with Crippen molar-refractivity contribution < 1.29 is 14.3 Å². The molecule has 7 heteroatoms. The molecule has 23 heavy (non-hydrogen) atoms. The number of benzene rings is 1. The minimum absolute atomic E-state index is 0.266. The van der Waals surface area contributed by atoms with E-state index in [9.17, 15) is 9.59 Å². The Hall–Kier alpha value is -2.41. The number of hydrogen-bond acceptors (Lipinski definition) is 6. The molecule has 0 saturated heterocycles. The molecule has 0 radical (unpaired) electrons. The summed E-state index contributed by atoms with van der Waals surface area (Å²) in [7, 11) is 3.82. The van der Waals surface area contributed by atoms with E-state index in [1.807, 2.05) is 31.1 Å². The van der Waals surface area contributed by atoms with E-state index in [2.05, 4.69) is 10.3 Å². The van der Waals surface area contributed by atoms with Gasteiger partial charge in [0.25, 0.3) is 5.91 Å². The highest BCUT2D eigenvalue weighted by Crippen LogP contribution is 2.24. The van der Waals surface area contributed by atoms with Gasteiger partial charge in [-0.3, -0.25) is 10.1 Å². The Morgan fingerprint density at radius 1 is 1.35 bits per heavy atom. The molecular weight excluding hydrogens is 314 g/mol. The van der Waals surface area contributed by atoms with Crippen LogP contribution in [0.3, 0.4) is 0 Å². The zero-order valence-corrected chi connectivity index (χ0v) is 14.4. The normalized spacial score (nSPS) is 10.3. The Bertz CT molecular complexity index is 725. The number of thiazole rings is 1. The van der Waals surface area contributed by atoms with Crippen molar-refractivity contribution in [1.29, 1.82) is 0 Å².